The molecule has 1 N–H and O–H groups in total. The summed E-state index contributed by atoms with van der Waals surface area (Å²) < 4.78 is 1.65. The summed E-state index contributed by atoms with van der Waals surface area (Å²) in [5, 5.41) is 8.27. The Labute approximate surface area is 162 Å². The van der Waals surface area contributed by atoms with E-state index in [0.717, 1.165) is 11.3 Å². The maximum atomic E-state index is 12.6. The molecule has 0 radical (unpaired) electrons. The maximum absolute atomic E-state index is 12.6. The molecule has 134 valence electrons. The van der Waals surface area contributed by atoms with Gasteiger partial charge in [0.05, 0.1) is 12.7 Å². The van der Waals surface area contributed by atoms with Gasteiger partial charge in [0, 0.05) is 47.0 Å². The number of carbonyl (C=O) groups is 1. The molecule has 1 amide bonds. The van der Waals surface area contributed by atoms with Crippen molar-refractivity contribution in [3.63, 3.8) is 0 Å². The van der Waals surface area contributed by atoms with Gasteiger partial charge in [-0.3, -0.25) is 4.79 Å². The average molecular weight is 389 g/mol. The summed E-state index contributed by atoms with van der Waals surface area (Å²) in [5.41, 5.74) is 2.28. The fraction of sp³-hybridized carbons (Fsp3) is 0.158. The summed E-state index contributed by atoms with van der Waals surface area (Å²) in [4.78, 5) is 14.5. The molecule has 0 aliphatic carbocycles. The standard InChI is InChI=1S/C19H18Cl2N4O/c1-24(2)14-6-3-5-13(11-14)19(26)23-18-9-10-22-25(18)12-15-16(20)7-4-8-17(15)21/h3-11H,12H2,1-2H3,(H,23,26). The second kappa shape index (κ2) is 7.81. The third-order valence-corrected chi connectivity index (χ3v) is 4.66. The number of anilines is 2. The van der Waals surface area contributed by atoms with E-state index in [1.807, 2.05) is 37.2 Å². The number of rotatable bonds is 5. The second-order valence-corrected chi connectivity index (χ2v) is 6.79. The highest BCUT2D eigenvalue weighted by Crippen LogP contribution is 2.26. The molecular weight excluding hydrogens is 371 g/mol. The van der Waals surface area contributed by atoms with Gasteiger partial charge < -0.3 is 10.2 Å². The Kier molecular flexibility index (Phi) is 5.49. The van der Waals surface area contributed by atoms with E-state index in [0.29, 0.717) is 28.0 Å². The van der Waals surface area contributed by atoms with Crippen LogP contribution in [0.2, 0.25) is 10.0 Å². The molecule has 2 aromatic carbocycles. The molecule has 26 heavy (non-hydrogen) atoms. The normalized spacial score (nSPS) is 10.6. The number of hydrogen-bond donors (Lipinski definition) is 1. The molecule has 0 atom stereocenters. The number of nitrogens with one attached hydrogen (secondary N) is 1. The van der Waals surface area contributed by atoms with Crippen LogP contribution in [-0.2, 0) is 6.54 Å². The van der Waals surface area contributed by atoms with Gasteiger partial charge in [-0.25, -0.2) is 4.68 Å². The fourth-order valence-electron chi connectivity index (χ4n) is 2.51. The average Bonchev–Trinajstić information content (AvgIpc) is 3.05. The van der Waals surface area contributed by atoms with E-state index in [2.05, 4.69) is 10.4 Å². The molecular formula is C19H18Cl2N4O. The summed E-state index contributed by atoms with van der Waals surface area (Å²) in [6.07, 6.45) is 1.62. The van der Waals surface area contributed by atoms with Crippen molar-refractivity contribution in [1.82, 2.24) is 9.78 Å². The largest absolute Gasteiger partial charge is 0.378 e. The Morgan fingerprint density at radius 1 is 1.12 bits per heavy atom. The lowest BCUT2D eigenvalue weighted by Crippen LogP contribution is -2.17. The van der Waals surface area contributed by atoms with Crippen molar-refractivity contribution in [2.75, 3.05) is 24.3 Å². The number of nitrogens with zero attached hydrogens (tertiary/aromatic N) is 3. The summed E-state index contributed by atoms with van der Waals surface area (Å²) in [6, 6.07) is 14.5. The van der Waals surface area contributed by atoms with E-state index >= 15 is 0 Å². The molecule has 1 aromatic heterocycles. The molecule has 0 saturated carbocycles. The number of benzene rings is 2. The van der Waals surface area contributed by atoms with Crippen molar-refractivity contribution in [2.24, 2.45) is 0 Å². The molecule has 5 nitrogen and oxygen atoms in total. The monoisotopic (exact) mass is 388 g/mol. The second-order valence-electron chi connectivity index (χ2n) is 5.97. The van der Waals surface area contributed by atoms with Gasteiger partial charge in [-0.05, 0) is 30.3 Å². The van der Waals surface area contributed by atoms with Crippen molar-refractivity contribution in [1.29, 1.82) is 0 Å². The topological polar surface area (TPSA) is 50.2 Å². The number of carbonyl (C=O) groups excluding carboxylic acids is 1. The van der Waals surface area contributed by atoms with E-state index < -0.39 is 0 Å². The first kappa shape index (κ1) is 18.3. The highest BCUT2D eigenvalue weighted by molar-refractivity contribution is 6.36. The molecule has 0 bridgehead atoms. The first-order valence-corrected chi connectivity index (χ1v) is 8.75. The van der Waals surface area contributed by atoms with Gasteiger partial charge in [0.2, 0.25) is 0 Å². The van der Waals surface area contributed by atoms with Crippen LogP contribution in [0, 0.1) is 0 Å². The molecule has 0 unspecified atom stereocenters. The fourth-order valence-corrected chi connectivity index (χ4v) is 3.03. The van der Waals surface area contributed by atoms with Crippen LogP contribution in [0.1, 0.15) is 15.9 Å². The zero-order chi connectivity index (χ0) is 18.7. The predicted octanol–water partition coefficient (Wildman–Crippen LogP) is 4.56. The van der Waals surface area contributed by atoms with E-state index in [-0.39, 0.29) is 5.91 Å². The Hall–Kier alpha value is -2.50. The van der Waals surface area contributed by atoms with E-state index in [9.17, 15) is 4.79 Å². The van der Waals surface area contributed by atoms with Crippen LogP contribution in [0.5, 0.6) is 0 Å². The van der Waals surface area contributed by atoms with Crippen molar-refractivity contribution in [3.05, 3.63) is 75.9 Å². The van der Waals surface area contributed by atoms with Gasteiger partial charge in [0.25, 0.3) is 5.91 Å². The summed E-state index contributed by atoms with van der Waals surface area (Å²) >= 11 is 12.5. The van der Waals surface area contributed by atoms with Crippen LogP contribution in [0.25, 0.3) is 0 Å². The van der Waals surface area contributed by atoms with Gasteiger partial charge in [-0.2, -0.15) is 5.10 Å². The van der Waals surface area contributed by atoms with Crippen LogP contribution in [-0.4, -0.2) is 29.8 Å². The predicted molar refractivity (Wildman–Crippen MR) is 107 cm³/mol. The van der Waals surface area contributed by atoms with Crippen molar-refractivity contribution >= 4 is 40.6 Å². The molecule has 1 heterocycles. The van der Waals surface area contributed by atoms with Gasteiger partial charge in [-0.15, -0.1) is 0 Å². The summed E-state index contributed by atoms with van der Waals surface area (Å²) in [7, 11) is 3.86. The molecule has 0 aliphatic heterocycles. The lowest BCUT2D eigenvalue weighted by atomic mass is 10.2. The zero-order valence-electron chi connectivity index (χ0n) is 14.4. The van der Waals surface area contributed by atoms with E-state index in [1.54, 1.807) is 41.2 Å². The number of amides is 1. The van der Waals surface area contributed by atoms with Crippen LogP contribution >= 0.6 is 23.2 Å². The molecule has 0 fully saturated rings. The maximum Gasteiger partial charge on any atom is 0.256 e. The third kappa shape index (κ3) is 4.00. The first-order chi connectivity index (χ1) is 12.5. The minimum atomic E-state index is -0.208. The Morgan fingerprint density at radius 3 is 2.50 bits per heavy atom. The van der Waals surface area contributed by atoms with E-state index in [1.165, 1.54) is 0 Å². The number of hydrogen-bond acceptors (Lipinski definition) is 3. The molecule has 0 saturated heterocycles. The van der Waals surface area contributed by atoms with Gasteiger partial charge in [-0.1, -0.05) is 35.3 Å². The smallest absolute Gasteiger partial charge is 0.256 e. The lowest BCUT2D eigenvalue weighted by Gasteiger charge is -2.14. The van der Waals surface area contributed by atoms with Crippen LogP contribution in [0.3, 0.4) is 0 Å². The van der Waals surface area contributed by atoms with E-state index in [4.69, 9.17) is 23.2 Å². The highest BCUT2D eigenvalue weighted by atomic mass is 35.5. The van der Waals surface area contributed by atoms with Crippen molar-refractivity contribution in [3.8, 4) is 0 Å². The zero-order valence-corrected chi connectivity index (χ0v) is 15.9. The molecule has 0 spiro atoms. The number of halogens is 2. The summed E-state index contributed by atoms with van der Waals surface area (Å²) in [6.45, 7) is 0.360. The Morgan fingerprint density at radius 2 is 1.81 bits per heavy atom. The highest BCUT2D eigenvalue weighted by Gasteiger charge is 2.13. The molecule has 0 aliphatic rings. The van der Waals surface area contributed by atoms with Gasteiger partial charge >= 0.3 is 0 Å². The Balaban J connectivity index is 1.81. The lowest BCUT2D eigenvalue weighted by molar-refractivity contribution is 0.102. The van der Waals surface area contributed by atoms with Gasteiger partial charge in [0.1, 0.15) is 5.82 Å². The molecule has 3 rings (SSSR count). The minimum Gasteiger partial charge on any atom is -0.378 e. The van der Waals surface area contributed by atoms with Crippen molar-refractivity contribution in [2.45, 2.75) is 6.54 Å². The van der Waals surface area contributed by atoms with Crippen LogP contribution in [0.4, 0.5) is 11.5 Å². The quantitative estimate of drug-likeness (QED) is 0.696. The molecule has 3 aromatic rings. The third-order valence-electron chi connectivity index (χ3n) is 3.95. The first-order valence-electron chi connectivity index (χ1n) is 7.99. The molecule has 7 heteroatoms. The van der Waals surface area contributed by atoms with Crippen LogP contribution < -0.4 is 10.2 Å². The summed E-state index contributed by atoms with van der Waals surface area (Å²) in [5.74, 6) is 0.363. The number of aromatic nitrogens is 2. The van der Waals surface area contributed by atoms with Crippen molar-refractivity contribution < 1.29 is 4.79 Å². The SMILES string of the molecule is CN(C)c1cccc(C(=O)Nc2ccnn2Cc2c(Cl)cccc2Cl)c1. The minimum absolute atomic E-state index is 0.208. The van der Waals surface area contributed by atoms with Crippen LogP contribution in [0.15, 0.2) is 54.7 Å². The Bertz CT molecular complexity index is 917. The van der Waals surface area contributed by atoms with Gasteiger partial charge in [0.15, 0.2) is 0 Å².